The number of nitrogens with zero attached hydrogens (tertiary/aromatic N) is 2. The van der Waals surface area contributed by atoms with Gasteiger partial charge in [-0.2, -0.15) is 0 Å². The Bertz CT molecular complexity index is 871. The second-order valence-electron chi connectivity index (χ2n) is 5.14. The lowest BCUT2D eigenvalue weighted by Crippen LogP contribution is -2.10. The maximum absolute atomic E-state index is 12.5. The van der Waals surface area contributed by atoms with Gasteiger partial charge in [-0.1, -0.05) is 41.1 Å². The Morgan fingerprint density at radius 2 is 2.17 bits per heavy atom. The Morgan fingerprint density at radius 3 is 2.96 bits per heavy atom. The van der Waals surface area contributed by atoms with Crippen LogP contribution in [0.4, 0.5) is 5.13 Å². The van der Waals surface area contributed by atoms with Crippen molar-refractivity contribution >= 4 is 55.4 Å². The standard InChI is InChI=1S/C15H12ClN3O2S2/c16-11-8-4-1-2-6-10(8)22-12(11)13(20)17-15-19-18-14(23-15)9-5-3-7-21-9/h1-2,4,6,9H,3,5,7H2,(H,17,19,20). The van der Waals surface area contributed by atoms with Gasteiger partial charge in [0.05, 0.1) is 5.02 Å². The third-order valence-corrected chi connectivity index (χ3v) is 6.21. The van der Waals surface area contributed by atoms with E-state index in [0.717, 1.165) is 34.5 Å². The van der Waals surface area contributed by atoms with Crippen LogP contribution in [0.15, 0.2) is 24.3 Å². The first-order chi connectivity index (χ1) is 11.2. The van der Waals surface area contributed by atoms with E-state index in [0.29, 0.717) is 15.0 Å². The summed E-state index contributed by atoms with van der Waals surface area (Å²) in [5.74, 6) is -0.258. The number of rotatable bonds is 3. The van der Waals surface area contributed by atoms with Crippen molar-refractivity contribution in [1.82, 2.24) is 10.2 Å². The Morgan fingerprint density at radius 1 is 1.30 bits per heavy atom. The van der Waals surface area contributed by atoms with Crippen molar-refractivity contribution < 1.29 is 9.53 Å². The van der Waals surface area contributed by atoms with E-state index >= 15 is 0 Å². The summed E-state index contributed by atoms with van der Waals surface area (Å²) in [6, 6.07) is 7.69. The van der Waals surface area contributed by atoms with Crippen molar-refractivity contribution in [3.63, 3.8) is 0 Å². The van der Waals surface area contributed by atoms with E-state index < -0.39 is 0 Å². The molecule has 1 amide bonds. The average molecular weight is 366 g/mol. The Hall–Kier alpha value is -1.54. The molecule has 118 valence electrons. The minimum absolute atomic E-state index is 0.00562. The maximum atomic E-state index is 12.5. The van der Waals surface area contributed by atoms with E-state index in [-0.39, 0.29) is 12.0 Å². The zero-order valence-electron chi connectivity index (χ0n) is 11.9. The van der Waals surface area contributed by atoms with Gasteiger partial charge < -0.3 is 4.74 Å². The zero-order chi connectivity index (χ0) is 15.8. The number of carbonyl (C=O) groups excluding carboxylic acids is 1. The van der Waals surface area contributed by atoms with Gasteiger partial charge in [0.2, 0.25) is 5.13 Å². The highest BCUT2D eigenvalue weighted by molar-refractivity contribution is 7.22. The van der Waals surface area contributed by atoms with Gasteiger partial charge in [-0.15, -0.1) is 21.5 Å². The molecule has 1 N–H and O–H groups in total. The molecule has 3 heterocycles. The molecule has 1 unspecified atom stereocenters. The molecule has 1 atom stereocenters. The molecule has 3 aromatic rings. The minimum Gasteiger partial charge on any atom is -0.371 e. The number of hydrogen-bond donors (Lipinski definition) is 1. The molecule has 0 aliphatic carbocycles. The number of anilines is 1. The van der Waals surface area contributed by atoms with Gasteiger partial charge in [0.1, 0.15) is 16.0 Å². The number of carbonyl (C=O) groups is 1. The van der Waals surface area contributed by atoms with Crippen molar-refractivity contribution in [3.8, 4) is 0 Å². The van der Waals surface area contributed by atoms with E-state index in [1.807, 2.05) is 24.3 Å². The van der Waals surface area contributed by atoms with Crippen molar-refractivity contribution in [3.05, 3.63) is 39.2 Å². The van der Waals surface area contributed by atoms with Crippen LogP contribution in [0.1, 0.15) is 33.6 Å². The highest BCUT2D eigenvalue weighted by Gasteiger charge is 2.23. The fourth-order valence-electron chi connectivity index (χ4n) is 2.50. The number of aromatic nitrogens is 2. The van der Waals surface area contributed by atoms with E-state index in [4.69, 9.17) is 16.3 Å². The topological polar surface area (TPSA) is 64.1 Å². The van der Waals surface area contributed by atoms with Crippen LogP contribution < -0.4 is 5.32 Å². The van der Waals surface area contributed by atoms with Crippen LogP contribution in [0.3, 0.4) is 0 Å². The predicted octanol–water partition coefficient (Wildman–Crippen LogP) is 4.51. The maximum Gasteiger partial charge on any atom is 0.269 e. The zero-order valence-corrected chi connectivity index (χ0v) is 14.3. The van der Waals surface area contributed by atoms with Crippen molar-refractivity contribution in [2.45, 2.75) is 18.9 Å². The Balaban J connectivity index is 1.56. The third kappa shape index (κ3) is 2.85. The van der Waals surface area contributed by atoms with Crippen LogP contribution in [-0.4, -0.2) is 22.7 Å². The van der Waals surface area contributed by atoms with Gasteiger partial charge in [0.15, 0.2) is 0 Å². The summed E-state index contributed by atoms with van der Waals surface area (Å²) in [6.45, 7) is 0.753. The van der Waals surface area contributed by atoms with Gasteiger partial charge in [0, 0.05) is 16.7 Å². The van der Waals surface area contributed by atoms with E-state index in [9.17, 15) is 4.79 Å². The first-order valence-corrected chi connectivity index (χ1v) is 9.17. The molecular formula is C15H12ClN3O2S2. The quantitative estimate of drug-likeness (QED) is 0.741. The smallest absolute Gasteiger partial charge is 0.269 e. The van der Waals surface area contributed by atoms with Crippen LogP contribution in [0.25, 0.3) is 10.1 Å². The van der Waals surface area contributed by atoms with Crippen molar-refractivity contribution in [1.29, 1.82) is 0 Å². The number of benzene rings is 1. The molecule has 0 radical (unpaired) electrons. The van der Waals surface area contributed by atoms with Crippen molar-refractivity contribution in [2.75, 3.05) is 11.9 Å². The Kier molecular flexibility index (Phi) is 4.02. The summed E-state index contributed by atoms with van der Waals surface area (Å²) in [6.07, 6.45) is 1.99. The summed E-state index contributed by atoms with van der Waals surface area (Å²) < 4.78 is 6.56. The lowest BCUT2D eigenvalue weighted by atomic mass is 10.2. The molecule has 1 aliphatic heterocycles. The fraction of sp³-hybridized carbons (Fsp3) is 0.267. The SMILES string of the molecule is O=C(Nc1nnc(C2CCCO2)s1)c1sc2ccccc2c1Cl. The highest BCUT2D eigenvalue weighted by atomic mass is 35.5. The number of ether oxygens (including phenoxy) is 1. The minimum atomic E-state index is -0.258. The van der Waals surface area contributed by atoms with Crippen LogP contribution >= 0.6 is 34.3 Å². The molecular weight excluding hydrogens is 354 g/mol. The number of thiophene rings is 1. The predicted molar refractivity (Wildman–Crippen MR) is 92.6 cm³/mol. The van der Waals surface area contributed by atoms with E-state index in [2.05, 4.69) is 15.5 Å². The average Bonchev–Trinajstić information content (AvgIpc) is 3.27. The number of fused-ring (bicyclic) bond motifs is 1. The molecule has 1 saturated heterocycles. The second kappa shape index (κ2) is 6.16. The number of nitrogens with one attached hydrogen (secondary N) is 1. The van der Waals surface area contributed by atoms with Crippen LogP contribution in [0, 0.1) is 0 Å². The van der Waals surface area contributed by atoms with Gasteiger partial charge >= 0.3 is 0 Å². The molecule has 4 rings (SSSR count). The summed E-state index contributed by atoms with van der Waals surface area (Å²) >= 11 is 9.04. The summed E-state index contributed by atoms with van der Waals surface area (Å²) in [7, 11) is 0. The van der Waals surface area contributed by atoms with Crippen LogP contribution in [-0.2, 0) is 4.74 Å². The molecule has 0 saturated carbocycles. The molecule has 1 aliphatic rings. The van der Waals surface area contributed by atoms with Gasteiger partial charge in [-0.25, -0.2) is 0 Å². The molecule has 0 spiro atoms. The Labute approximate surface area is 145 Å². The second-order valence-corrected chi connectivity index (χ2v) is 7.58. The molecule has 5 nitrogen and oxygen atoms in total. The largest absolute Gasteiger partial charge is 0.371 e. The highest BCUT2D eigenvalue weighted by Crippen LogP contribution is 2.36. The molecule has 1 aromatic carbocycles. The van der Waals surface area contributed by atoms with Crippen molar-refractivity contribution in [2.24, 2.45) is 0 Å². The summed E-state index contributed by atoms with van der Waals surface area (Å²) in [5, 5.41) is 13.6. The van der Waals surface area contributed by atoms with Gasteiger partial charge in [0.25, 0.3) is 5.91 Å². The van der Waals surface area contributed by atoms with E-state index in [1.54, 1.807) is 0 Å². The van der Waals surface area contributed by atoms with Gasteiger partial charge in [-0.3, -0.25) is 10.1 Å². The summed E-state index contributed by atoms with van der Waals surface area (Å²) in [5.41, 5.74) is 0. The van der Waals surface area contributed by atoms with E-state index in [1.165, 1.54) is 22.7 Å². The van der Waals surface area contributed by atoms with Gasteiger partial charge in [-0.05, 0) is 18.9 Å². The fourth-order valence-corrected chi connectivity index (χ4v) is 4.74. The number of hydrogen-bond acceptors (Lipinski definition) is 6. The molecule has 23 heavy (non-hydrogen) atoms. The normalized spacial score (nSPS) is 17.7. The first-order valence-electron chi connectivity index (χ1n) is 7.16. The lowest BCUT2D eigenvalue weighted by Gasteiger charge is -2.02. The van der Waals surface area contributed by atoms with Crippen LogP contribution in [0.2, 0.25) is 5.02 Å². The number of halogens is 1. The lowest BCUT2D eigenvalue weighted by molar-refractivity contribution is 0.103. The molecule has 1 fully saturated rings. The summed E-state index contributed by atoms with van der Waals surface area (Å²) in [4.78, 5) is 12.9. The number of amides is 1. The monoisotopic (exact) mass is 365 g/mol. The molecule has 8 heteroatoms. The first kappa shape index (κ1) is 15.0. The molecule has 2 aromatic heterocycles. The molecule has 0 bridgehead atoms. The van der Waals surface area contributed by atoms with Crippen LogP contribution in [0.5, 0.6) is 0 Å². The third-order valence-electron chi connectivity index (χ3n) is 3.61.